The molecule has 2 aromatic carbocycles. The van der Waals surface area contributed by atoms with Gasteiger partial charge in [0.1, 0.15) is 0 Å². The van der Waals surface area contributed by atoms with E-state index in [1.807, 2.05) is 38.1 Å². The van der Waals surface area contributed by atoms with E-state index >= 15 is 0 Å². The minimum absolute atomic E-state index is 0.389. The highest BCUT2D eigenvalue weighted by Crippen LogP contribution is 2.31. The lowest BCUT2D eigenvalue weighted by molar-refractivity contribution is -0.137. The summed E-state index contributed by atoms with van der Waals surface area (Å²) in [7, 11) is 0. The van der Waals surface area contributed by atoms with Gasteiger partial charge in [-0.1, -0.05) is 48.2 Å². The maximum Gasteiger partial charge on any atom is 0.416 e. The normalized spacial score (nSPS) is 14.9. The third kappa shape index (κ3) is 4.27. The van der Waals surface area contributed by atoms with E-state index in [9.17, 15) is 13.2 Å². The largest absolute Gasteiger partial charge is 0.416 e. The van der Waals surface area contributed by atoms with Crippen LogP contribution in [0, 0.1) is 6.92 Å². The van der Waals surface area contributed by atoms with Gasteiger partial charge in [-0.3, -0.25) is 4.99 Å². The lowest BCUT2D eigenvalue weighted by Crippen LogP contribution is -2.30. The van der Waals surface area contributed by atoms with Crippen molar-refractivity contribution in [2.24, 2.45) is 10.1 Å². The average molecular weight is 377 g/mol. The van der Waals surface area contributed by atoms with Gasteiger partial charge in [0, 0.05) is 5.75 Å². The van der Waals surface area contributed by atoms with Crippen LogP contribution in [0.1, 0.15) is 23.6 Å². The monoisotopic (exact) mass is 377 g/mol. The molecule has 0 aliphatic carbocycles. The number of hydrazone groups is 1. The van der Waals surface area contributed by atoms with Crippen LogP contribution in [0.5, 0.6) is 0 Å². The number of rotatable bonds is 3. The highest BCUT2D eigenvalue weighted by Gasteiger charge is 2.30. The standard InChI is InChI=1S/C19H18F3N3S/c1-13-6-3-4-9-17(13)25-18(23-11-14(2)24-25)26-12-15-7-5-8-16(10-15)19(20,21)22/h3-10H,11-12H2,1-2H3. The Kier molecular flexibility index (Phi) is 5.36. The van der Waals surface area contributed by atoms with Gasteiger partial charge in [0.05, 0.1) is 23.5 Å². The van der Waals surface area contributed by atoms with Crippen LogP contribution in [0.2, 0.25) is 0 Å². The van der Waals surface area contributed by atoms with Gasteiger partial charge >= 0.3 is 6.18 Å². The SMILES string of the molecule is CC1=NN(c2ccccc2C)C(SCc2cccc(C(F)(F)F)c2)=NC1. The average Bonchev–Trinajstić information content (AvgIpc) is 2.60. The van der Waals surface area contributed by atoms with Crippen molar-refractivity contribution in [2.75, 3.05) is 11.6 Å². The molecule has 1 aliphatic rings. The number of benzene rings is 2. The zero-order valence-corrected chi connectivity index (χ0v) is 15.2. The van der Waals surface area contributed by atoms with Crippen LogP contribution in [0.4, 0.5) is 18.9 Å². The van der Waals surface area contributed by atoms with Crippen molar-refractivity contribution in [3.8, 4) is 0 Å². The van der Waals surface area contributed by atoms with Crippen LogP contribution in [-0.4, -0.2) is 17.4 Å². The van der Waals surface area contributed by atoms with Gasteiger partial charge in [-0.15, -0.1) is 0 Å². The number of anilines is 1. The quantitative estimate of drug-likeness (QED) is 0.707. The second-order valence-electron chi connectivity index (χ2n) is 6.02. The number of alkyl halides is 3. The van der Waals surface area contributed by atoms with E-state index < -0.39 is 11.7 Å². The molecule has 0 unspecified atom stereocenters. The lowest BCUT2D eigenvalue weighted by atomic mass is 10.1. The summed E-state index contributed by atoms with van der Waals surface area (Å²) in [4.78, 5) is 4.55. The molecule has 0 aromatic heterocycles. The summed E-state index contributed by atoms with van der Waals surface area (Å²) in [6.07, 6.45) is -4.34. The Morgan fingerprint density at radius 3 is 2.58 bits per heavy atom. The zero-order valence-electron chi connectivity index (χ0n) is 14.4. The molecular weight excluding hydrogens is 359 g/mol. The molecule has 0 saturated heterocycles. The number of thioether (sulfide) groups is 1. The molecular formula is C19H18F3N3S. The fourth-order valence-electron chi connectivity index (χ4n) is 2.54. The van der Waals surface area contributed by atoms with Crippen molar-refractivity contribution in [2.45, 2.75) is 25.8 Å². The van der Waals surface area contributed by atoms with Crippen molar-refractivity contribution >= 4 is 28.3 Å². The van der Waals surface area contributed by atoms with Crippen molar-refractivity contribution in [1.82, 2.24) is 0 Å². The van der Waals surface area contributed by atoms with Gasteiger partial charge in [-0.05, 0) is 37.1 Å². The molecule has 0 saturated carbocycles. The number of aliphatic imine (C=N–C) groups is 1. The van der Waals surface area contributed by atoms with Crippen molar-refractivity contribution in [3.05, 3.63) is 65.2 Å². The Hall–Kier alpha value is -2.28. The maximum atomic E-state index is 12.9. The fraction of sp³-hybridized carbons (Fsp3) is 0.263. The topological polar surface area (TPSA) is 28.0 Å². The van der Waals surface area contributed by atoms with Gasteiger partial charge in [0.15, 0.2) is 5.17 Å². The first kappa shape index (κ1) is 18.5. The van der Waals surface area contributed by atoms with Crippen LogP contribution in [0.3, 0.4) is 0 Å². The third-order valence-electron chi connectivity index (χ3n) is 3.86. The second kappa shape index (κ2) is 7.53. The highest BCUT2D eigenvalue weighted by atomic mass is 32.2. The summed E-state index contributed by atoms with van der Waals surface area (Å²) >= 11 is 1.38. The van der Waals surface area contributed by atoms with Gasteiger partial charge in [-0.25, -0.2) is 5.01 Å². The minimum atomic E-state index is -4.34. The van der Waals surface area contributed by atoms with Crippen molar-refractivity contribution < 1.29 is 13.2 Å². The smallest absolute Gasteiger partial charge is 0.255 e. The summed E-state index contributed by atoms with van der Waals surface area (Å²) < 4.78 is 38.6. The molecule has 0 radical (unpaired) electrons. The van der Waals surface area contributed by atoms with Crippen LogP contribution >= 0.6 is 11.8 Å². The molecule has 7 heteroatoms. The summed E-state index contributed by atoms with van der Waals surface area (Å²) in [5.41, 5.74) is 2.83. The maximum absolute atomic E-state index is 12.9. The van der Waals surface area contributed by atoms with E-state index in [4.69, 9.17) is 0 Å². The number of aryl methyl sites for hydroxylation is 1. The molecule has 0 spiro atoms. The van der Waals surface area contributed by atoms with E-state index in [1.165, 1.54) is 23.9 Å². The summed E-state index contributed by atoms with van der Waals surface area (Å²) in [5.74, 6) is 0.389. The molecule has 136 valence electrons. The zero-order chi connectivity index (χ0) is 18.7. The number of halogens is 3. The van der Waals surface area contributed by atoms with Gasteiger partial charge < -0.3 is 0 Å². The predicted molar refractivity (Wildman–Crippen MR) is 102 cm³/mol. The first-order valence-electron chi connectivity index (χ1n) is 8.08. The number of para-hydroxylation sites is 1. The molecule has 0 bridgehead atoms. The predicted octanol–water partition coefficient (Wildman–Crippen LogP) is 5.50. The van der Waals surface area contributed by atoms with E-state index in [0.29, 0.717) is 23.0 Å². The minimum Gasteiger partial charge on any atom is -0.255 e. The van der Waals surface area contributed by atoms with Crippen molar-refractivity contribution in [1.29, 1.82) is 0 Å². The molecule has 0 amide bonds. The summed E-state index contributed by atoms with van der Waals surface area (Å²) in [6.45, 7) is 4.39. The van der Waals surface area contributed by atoms with Crippen LogP contribution in [-0.2, 0) is 11.9 Å². The van der Waals surface area contributed by atoms with Crippen molar-refractivity contribution in [3.63, 3.8) is 0 Å². The van der Waals surface area contributed by atoms with Crippen LogP contribution < -0.4 is 5.01 Å². The molecule has 26 heavy (non-hydrogen) atoms. The van der Waals surface area contributed by atoms with E-state index in [-0.39, 0.29) is 0 Å². The Bertz CT molecular complexity index is 859. The molecule has 3 rings (SSSR count). The lowest BCUT2D eigenvalue weighted by Gasteiger charge is -2.26. The molecule has 1 aliphatic heterocycles. The number of amidine groups is 1. The van der Waals surface area contributed by atoms with E-state index in [1.54, 1.807) is 11.1 Å². The second-order valence-corrected chi connectivity index (χ2v) is 6.96. The Morgan fingerprint density at radius 2 is 1.85 bits per heavy atom. The molecule has 0 atom stereocenters. The first-order chi connectivity index (χ1) is 12.3. The number of hydrogen-bond acceptors (Lipinski definition) is 4. The Morgan fingerprint density at radius 1 is 1.08 bits per heavy atom. The first-order valence-corrected chi connectivity index (χ1v) is 9.06. The molecule has 2 aromatic rings. The molecule has 0 fully saturated rings. The van der Waals surface area contributed by atoms with Gasteiger partial charge in [-0.2, -0.15) is 18.3 Å². The Balaban J connectivity index is 1.79. The number of nitrogens with zero attached hydrogens (tertiary/aromatic N) is 3. The molecule has 3 nitrogen and oxygen atoms in total. The number of hydrogen-bond donors (Lipinski definition) is 0. The van der Waals surface area contributed by atoms with Crippen LogP contribution in [0.25, 0.3) is 0 Å². The molecule has 0 N–H and O–H groups in total. The Labute approximate surface area is 154 Å². The van der Waals surface area contributed by atoms with Gasteiger partial charge in [0.2, 0.25) is 0 Å². The summed E-state index contributed by atoms with van der Waals surface area (Å²) in [6, 6.07) is 13.2. The van der Waals surface area contributed by atoms with E-state index in [2.05, 4.69) is 10.1 Å². The highest BCUT2D eigenvalue weighted by molar-refractivity contribution is 8.13. The van der Waals surface area contributed by atoms with Crippen LogP contribution in [0.15, 0.2) is 58.6 Å². The summed E-state index contributed by atoms with van der Waals surface area (Å²) in [5, 5.41) is 7.04. The fourth-order valence-corrected chi connectivity index (χ4v) is 3.44. The molecule has 1 heterocycles. The third-order valence-corrected chi connectivity index (χ3v) is 4.90. The van der Waals surface area contributed by atoms with E-state index in [0.717, 1.165) is 23.0 Å². The van der Waals surface area contributed by atoms with Gasteiger partial charge in [0.25, 0.3) is 0 Å².